The number of carbonyl (C=O) groups excluding carboxylic acids is 3. The predicted molar refractivity (Wildman–Crippen MR) is 186 cm³/mol. The Hall–Kier alpha value is -3.95. The monoisotopic (exact) mass is 642 g/mol. The number of hydrogen-bond donors (Lipinski definition) is 1. The van der Waals surface area contributed by atoms with E-state index in [0.29, 0.717) is 24.2 Å². The summed E-state index contributed by atoms with van der Waals surface area (Å²) in [6.45, 7) is 19.7. The summed E-state index contributed by atoms with van der Waals surface area (Å²) < 4.78 is 7.00. The Labute approximate surface area is 279 Å². The molecule has 3 amide bonds. The molecule has 0 saturated carbocycles. The van der Waals surface area contributed by atoms with Crippen molar-refractivity contribution in [2.24, 2.45) is 17.8 Å². The normalized spacial score (nSPS) is 28.1. The van der Waals surface area contributed by atoms with Crippen molar-refractivity contribution in [1.82, 2.24) is 4.90 Å². The van der Waals surface area contributed by atoms with Crippen molar-refractivity contribution in [2.75, 3.05) is 47.5 Å². The molecule has 2 aromatic rings. The van der Waals surface area contributed by atoms with E-state index in [2.05, 4.69) is 31.9 Å². The van der Waals surface area contributed by atoms with Gasteiger partial charge in [0.2, 0.25) is 11.8 Å². The maximum Gasteiger partial charge on any atom is 0.253 e. The number of fused-ring (bicyclic) bond motifs is 1. The molecule has 5 rings (SSSR count). The Balaban J connectivity index is 1.62. The van der Waals surface area contributed by atoms with Gasteiger partial charge in [-0.05, 0) is 75.9 Å². The van der Waals surface area contributed by atoms with Crippen LogP contribution in [0.2, 0.25) is 0 Å². The molecule has 3 heterocycles. The topological polar surface area (TPSA) is 93.6 Å². The van der Waals surface area contributed by atoms with Crippen LogP contribution in [0, 0.1) is 17.8 Å². The summed E-state index contributed by atoms with van der Waals surface area (Å²) in [5.41, 5.74) is 0.202. The first-order chi connectivity index (χ1) is 22.6. The minimum Gasteiger partial charge on any atom is -0.394 e. The summed E-state index contributed by atoms with van der Waals surface area (Å²) in [7, 11) is 0. The van der Waals surface area contributed by atoms with Crippen molar-refractivity contribution in [3.05, 3.63) is 79.9 Å². The number of para-hydroxylation sites is 1. The van der Waals surface area contributed by atoms with Crippen LogP contribution in [-0.4, -0.2) is 83.8 Å². The number of anilines is 3. The Morgan fingerprint density at radius 2 is 1.51 bits per heavy atom. The molecule has 3 saturated heterocycles. The molecular weight excluding hydrogens is 592 g/mol. The fourth-order valence-corrected chi connectivity index (χ4v) is 8.40. The molecule has 47 heavy (non-hydrogen) atoms. The van der Waals surface area contributed by atoms with E-state index < -0.39 is 35.1 Å². The third-order valence-corrected chi connectivity index (χ3v) is 10.8. The van der Waals surface area contributed by atoms with Gasteiger partial charge in [0.1, 0.15) is 11.6 Å². The second-order valence-corrected chi connectivity index (χ2v) is 13.2. The van der Waals surface area contributed by atoms with Gasteiger partial charge in [-0.2, -0.15) is 0 Å². The van der Waals surface area contributed by atoms with Crippen LogP contribution in [0.25, 0.3) is 0 Å². The maximum absolute atomic E-state index is 15.0. The zero-order valence-electron chi connectivity index (χ0n) is 28.5. The molecule has 1 spiro atoms. The summed E-state index contributed by atoms with van der Waals surface area (Å²) in [6.07, 6.45) is 4.22. The maximum atomic E-state index is 15.0. The van der Waals surface area contributed by atoms with Gasteiger partial charge in [-0.1, -0.05) is 44.2 Å². The number of amides is 3. The molecule has 0 radical (unpaired) electrons. The summed E-state index contributed by atoms with van der Waals surface area (Å²) >= 11 is 0. The fraction of sp³-hybridized carbons (Fsp3) is 0.500. The number of aliphatic hydroxyl groups excluding tert-OH is 1. The Bertz CT molecular complexity index is 1470. The number of ether oxygens (including phenoxy) is 1. The van der Waals surface area contributed by atoms with Gasteiger partial charge in [-0.25, -0.2) is 0 Å². The standard InChI is InChI=1S/C38H50N4O5/c1-8-22-40(29-16-14-13-15-17-29)34(44)31-32-35(45)42(27(10-3)25-43)33(38(32)24-26(6)37(31,7)47-38)36(46)41(23-9-2)30-20-18-28(19-21-30)39(11-4)12-5/h8-9,13-21,26-27,31-33,43H,1-2,10-12,22-25H2,3-7H3/t26?,27-,31-,32-,33?,37+,38?/m0/s1. The van der Waals surface area contributed by atoms with Crippen molar-refractivity contribution in [3.8, 4) is 0 Å². The van der Waals surface area contributed by atoms with Crippen molar-refractivity contribution >= 4 is 34.8 Å². The summed E-state index contributed by atoms with van der Waals surface area (Å²) in [5.74, 6) is -2.70. The van der Waals surface area contributed by atoms with E-state index in [-0.39, 0.29) is 43.3 Å². The van der Waals surface area contributed by atoms with Crippen LogP contribution >= 0.6 is 0 Å². The smallest absolute Gasteiger partial charge is 0.253 e. The largest absolute Gasteiger partial charge is 0.394 e. The van der Waals surface area contributed by atoms with Gasteiger partial charge in [-0.3, -0.25) is 14.4 Å². The Morgan fingerprint density at radius 1 is 0.957 bits per heavy atom. The van der Waals surface area contributed by atoms with Crippen LogP contribution < -0.4 is 14.7 Å². The molecular formula is C38H50N4O5. The molecule has 9 nitrogen and oxygen atoms in total. The highest BCUT2D eigenvalue weighted by molar-refractivity contribution is 6.07. The number of carbonyl (C=O) groups is 3. The van der Waals surface area contributed by atoms with Crippen molar-refractivity contribution in [3.63, 3.8) is 0 Å². The quantitative estimate of drug-likeness (QED) is 0.290. The third-order valence-electron chi connectivity index (χ3n) is 10.8. The third kappa shape index (κ3) is 5.47. The minimum atomic E-state index is -1.25. The lowest BCUT2D eigenvalue weighted by molar-refractivity contribution is -0.149. The predicted octanol–water partition coefficient (Wildman–Crippen LogP) is 5.05. The molecule has 2 aromatic carbocycles. The van der Waals surface area contributed by atoms with Gasteiger partial charge in [-0.15, -0.1) is 13.2 Å². The molecule has 252 valence electrons. The van der Waals surface area contributed by atoms with Gasteiger partial charge in [0, 0.05) is 43.2 Å². The molecule has 3 unspecified atom stereocenters. The summed E-state index contributed by atoms with van der Waals surface area (Å²) in [4.78, 5) is 51.6. The van der Waals surface area contributed by atoms with Crippen molar-refractivity contribution < 1.29 is 24.2 Å². The van der Waals surface area contributed by atoms with E-state index in [1.54, 1.807) is 26.9 Å². The summed E-state index contributed by atoms with van der Waals surface area (Å²) in [5, 5.41) is 10.5. The highest BCUT2D eigenvalue weighted by Gasteiger charge is 2.80. The van der Waals surface area contributed by atoms with Crippen LogP contribution in [-0.2, 0) is 19.1 Å². The van der Waals surface area contributed by atoms with Crippen LogP contribution in [0.1, 0.15) is 47.5 Å². The van der Waals surface area contributed by atoms with E-state index in [4.69, 9.17) is 4.74 Å². The van der Waals surface area contributed by atoms with Crippen molar-refractivity contribution in [2.45, 2.75) is 70.7 Å². The van der Waals surface area contributed by atoms with Crippen LogP contribution in [0.3, 0.4) is 0 Å². The van der Waals surface area contributed by atoms with E-state index >= 15 is 4.79 Å². The number of likely N-dealkylation sites (tertiary alicyclic amines) is 1. The first-order valence-corrected chi connectivity index (χ1v) is 17.0. The molecule has 0 aliphatic carbocycles. The molecule has 7 atom stereocenters. The highest BCUT2D eigenvalue weighted by atomic mass is 16.5. The SMILES string of the molecule is C=CCN(C(=O)C1N([C@@H](CC)CO)C(=O)[C@@H]2[C@@H](C(=O)N(CC=C)c3ccccc3)[C@]3(C)OC12CC3C)c1ccc(N(CC)CC)cc1. The second kappa shape index (κ2) is 13.6. The van der Waals surface area contributed by atoms with E-state index in [1.807, 2.05) is 75.4 Å². The Morgan fingerprint density at radius 3 is 2.04 bits per heavy atom. The molecule has 1 N–H and O–H groups in total. The van der Waals surface area contributed by atoms with Crippen LogP contribution in [0.5, 0.6) is 0 Å². The van der Waals surface area contributed by atoms with Gasteiger partial charge in [0.05, 0.1) is 30.1 Å². The number of benzene rings is 2. The van der Waals surface area contributed by atoms with Gasteiger partial charge in [0.15, 0.2) is 0 Å². The lowest BCUT2D eigenvalue weighted by Crippen LogP contribution is -2.59. The van der Waals surface area contributed by atoms with Gasteiger partial charge >= 0.3 is 0 Å². The fourth-order valence-electron chi connectivity index (χ4n) is 8.40. The number of hydrogen-bond acceptors (Lipinski definition) is 6. The zero-order chi connectivity index (χ0) is 34.1. The molecule has 2 bridgehead atoms. The molecule has 0 aromatic heterocycles. The number of rotatable bonds is 14. The second-order valence-electron chi connectivity index (χ2n) is 13.2. The molecule has 3 fully saturated rings. The lowest BCUT2D eigenvalue weighted by Gasteiger charge is -2.39. The Kier molecular flexibility index (Phi) is 9.99. The molecule has 3 aliphatic rings. The van der Waals surface area contributed by atoms with Crippen molar-refractivity contribution in [1.29, 1.82) is 0 Å². The van der Waals surface area contributed by atoms with E-state index in [1.165, 1.54) is 0 Å². The van der Waals surface area contributed by atoms with Gasteiger partial charge in [0.25, 0.3) is 5.91 Å². The highest BCUT2D eigenvalue weighted by Crippen LogP contribution is 2.66. The molecule has 3 aliphatic heterocycles. The summed E-state index contributed by atoms with van der Waals surface area (Å²) in [6, 6.07) is 15.5. The van der Waals surface area contributed by atoms with E-state index in [0.717, 1.165) is 18.8 Å². The first kappa shape index (κ1) is 34.4. The lowest BCUT2D eigenvalue weighted by atomic mass is 9.62. The number of nitrogens with zero attached hydrogens (tertiary/aromatic N) is 4. The first-order valence-electron chi connectivity index (χ1n) is 17.0. The molecule has 9 heteroatoms. The average molecular weight is 643 g/mol. The van der Waals surface area contributed by atoms with Crippen LogP contribution in [0.15, 0.2) is 79.9 Å². The van der Waals surface area contributed by atoms with E-state index in [9.17, 15) is 14.7 Å². The number of aliphatic hydroxyl groups is 1. The minimum absolute atomic E-state index is 0.118. The average Bonchev–Trinajstić information content (AvgIpc) is 3.60. The van der Waals surface area contributed by atoms with Gasteiger partial charge < -0.3 is 29.4 Å². The van der Waals surface area contributed by atoms with Crippen LogP contribution in [0.4, 0.5) is 17.1 Å². The zero-order valence-corrected chi connectivity index (χ0v) is 28.5.